The van der Waals surface area contributed by atoms with Gasteiger partial charge in [0.15, 0.2) is 23.0 Å². The lowest BCUT2D eigenvalue weighted by atomic mass is 9.90. The molecule has 0 aliphatic heterocycles. The van der Waals surface area contributed by atoms with E-state index in [9.17, 15) is 9.59 Å². The first kappa shape index (κ1) is 32.0. The van der Waals surface area contributed by atoms with E-state index in [0.717, 1.165) is 5.57 Å². The maximum absolute atomic E-state index is 12.5. The number of hydrogen-bond donors (Lipinski definition) is 0. The van der Waals surface area contributed by atoms with Gasteiger partial charge in [0, 0.05) is 18.4 Å². The predicted octanol–water partition coefficient (Wildman–Crippen LogP) is 6.34. The summed E-state index contributed by atoms with van der Waals surface area (Å²) in [6.07, 6.45) is 12.7. The Hall–Kier alpha value is -2.19. The van der Waals surface area contributed by atoms with Crippen LogP contribution >= 0.6 is 23.0 Å². The molecule has 0 radical (unpaired) electrons. The van der Waals surface area contributed by atoms with Gasteiger partial charge in [0.2, 0.25) is 0 Å². The van der Waals surface area contributed by atoms with Gasteiger partial charge in [-0.05, 0) is 52.7 Å². The minimum atomic E-state index is -0.823. The van der Waals surface area contributed by atoms with Gasteiger partial charge in [-0.2, -0.15) is 0 Å². The van der Waals surface area contributed by atoms with Crippen LogP contribution in [0.25, 0.3) is 0 Å². The molecule has 32 heavy (non-hydrogen) atoms. The molecular weight excluding hydrogens is 519 g/mol. The highest BCUT2D eigenvalue weighted by atomic mass is 127. The molecule has 0 atom stereocenters. The number of terminal acetylenes is 2. The van der Waals surface area contributed by atoms with E-state index >= 15 is 0 Å². The zero-order valence-electron chi connectivity index (χ0n) is 20.7. The lowest BCUT2D eigenvalue weighted by Gasteiger charge is -2.23. The van der Waals surface area contributed by atoms with Crippen LogP contribution in [-0.2, 0) is 22.1 Å². The Labute approximate surface area is 208 Å². The third-order valence-corrected chi connectivity index (χ3v) is 4.78. The van der Waals surface area contributed by atoms with Gasteiger partial charge in [0.25, 0.3) is 0 Å². The van der Waals surface area contributed by atoms with E-state index in [0.29, 0.717) is 16.9 Å². The molecule has 0 aromatic rings. The van der Waals surface area contributed by atoms with Crippen LogP contribution in [0.15, 0.2) is 35.1 Å². The van der Waals surface area contributed by atoms with Gasteiger partial charge in [0.05, 0.1) is 10.8 Å². The molecule has 0 amide bonds. The minimum Gasteiger partial charge on any atom is -0.460 e. The van der Waals surface area contributed by atoms with Crippen molar-refractivity contribution in [3.05, 3.63) is 35.1 Å². The molecular formula is C26H37IO5. The van der Waals surface area contributed by atoms with Crippen molar-refractivity contribution in [2.45, 2.75) is 68.2 Å². The smallest absolute Gasteiger partial charge is 0.312 e. The summed E-state index contributed by atoms with van der Waals surface area (Å²) in [5, 5.41) is 0. The Bertz CT molecular complexity index is 797. The fraction of sp³-hybridized carbons (Fsp3) is 0.538. The molecule has 0 rings (SSSR count). The van der Waals surface area contributed by atoms with Gasteiger partial charge in [-0.3, -0.25) is 9.59 Å². The van der Waals surface area contributed by atoms with Crippen LogP contribution in [0.3, 0.4) is 0 Å². The Morgan fingerprint density at radius 3 is 1.66 bits per heavy atom. The molecule has 178 valence electrons. The lowest BCUT2D eigenvalue weighted by Crippen LogP contribution is -2.28. The normalized spacial score (nSPS) is 11.3. The molecule has 5 nitrogen and oxygen atoms in total. The Balaban J connectivity index is 0. The zero-order chi connectivity index (χ0) is 25.5. The average molecular weight is 556 g/mol. The number of esters is 2. The van der Waals surface area contributed by atoms with Crippen molar-refractivity contribution in [1.82, 2.24) is 0 Å². The van der Waals surface area contributed by atoms with Gasteiger partial charge >= 0.3 is 11.9 Å². The number of ether oxygens (including phenoxy) is 2. The highest BCUT2D eigenvalue weighted by Gasteiger charge is 2.30. The molecule has 0 saturated carbocycles. The van der Waals surface area contributed by atoms with Crippen LogP contribution in [0.2, 0.25) is 0 Å². The predicted molar refractivity (Wildman–Crippen MR) is 138 cm³/mol. The van der Waals surface area contributed by atoms with Crippen LogP contribution in [0.4, 0.5) is 0 Å². The van der Waals surface area contributed by atoms with Gasteiger partial charge in [-0.25, -0.2) is 0 Å². The van der Waals surface area contributed by atoms with E-state index in [-0.39, 0.29) is 26.1 Å². The number of carbonyl (C=O) groups excluding carboxylic acids is 2. The van der Waals surface area contributed by atoms with Crippen molar-refractivity contribution in [3.63, 3.8) is 0 Å². The van der Waals surface area contributed by atoms with Crippen molar-refractivity contribution in [2.75, 3.05) is 13.2 Å². The van der Waals surface area contributed by atoms with E-state index in [1.807, 2.05) is 27.7 Å². The maximum atomic E-state index is 12.5. The molecule has 0 aliphatic rings. The van der Waals surface area contributed by atoms with Crippen LogP contribution in [-0.4, -0.2) is 25.2 Å². The van der Waals surface area contributed by atoms with Gasteiger partial charge in [-0.15, -0.1) is 24.7 Å². The molecule has 6 heteroatoms. The van der Waals surface area contributed by atoms with E-state index < -0.39 is 22.8 Å². The third kappa shape index (κ3) is 10.4. The maximum Gasteiger partial charge on any atom is 0.312 e. The summed E-state index contributed by atoms with van der Waals surface area (Å²) in [6.45, 7) is 18.3. The minimum absolute atomic E-state index is 0.0618. The van der Waals surface area contributed by atoms with Crippen LogP contribution < -0.4 is 0 Å². The molecule has 0 aromatic carbocycles. The fourth-order valence-electron chi connectivity index (χ4n) is 2.33. The molecule has 0 N–H and O–H groups in total. The monoisotopic (exact) mass is 556 g/mol. The standard InChI is InChI=1S/C24H31IO5.C2H6/c1-10-13-23(6,7)21(26)28-15-18(12-3)19(20(30-25)17(4)5)16-29-22(27)24(8,9)14-11-2;1-2/h1-2,12H,3,13-16H2,4-9H3;1-2H3/b19-18+;. The SMILES string of the molecule is C#CCC(C)(C)C(=O)OC/C(C=C)=C(\COC(=O)C(C)(C)CC#C)C(OI)=C(C)C.CC. The number of rotatable bonds is 11. The Morgan fingerprint density at radius 2 is 1.34 bits per heavy atom. The highest BCUT2D eigenvalue weighted by molar-refractivity contribution is 14.1. The zero-order valence-corrected chi connectivity index (χ0v) is 22.8. The summed E-state index contributed by atoms with van der Waals surface area (Å²) in [7, 11) is 0. The average Bonchev–Trinajstić information content (AvgIpc) is 2.72. The lowest BCUT2D eigenvalue weighted by molar-refractivity contribution is -0.153. The van der Waals surface area contributed by atoms with E-state index in [1.165, 1.54) is 0 Å². The second kappa shape index (κ2) is 15.6. The van der Waals surface area contributed by atoms with Crippen molar-refractivity contribution in [3.8, 4) is 24.7 Å². The van der Waals surface area contributed by atoms with Crippen LogP contribution in [0, 0.1) is 35.5 Å². The summed E-state index contributed by atoms with van der Waals surface area (Å²) in [5.74, 6) is 4.62. The first-order valence-electron chi connectivity index (χ1n) is 10.4. The quantitative estimate of drug-likeness (QED) is 0.0978. The fourth-order valence-corrected chi connectivity index (χ4v) is 3.03. The van der Waals surface area contributed by atoms with Gasteiger partial charge < -0.3 is 12.5 Å². The summed E-state index contributed by atoms with van der Waals surface area (Å²) in [5.41, 5.74) is 0.348. The molecule has 0 saturated heterocycles. The van der Waals surface area contributed by atoms with Gasteiger partial charge in [0.1, 0.15) is 19.0 Å². The first-order chi connectivity index (χ1) is 14.9. The number of allylic oxidation sites excluding steroid dienone is 1. The van der Waals surface area contributed by atoms with Crippen LogP contribution in [0.5, 0.6) is 0 Å². The molecule has 0 aliphatic carbocycles. The molecule has 0 aromatic heterocycles. The number of carbonyl (C=O) groups is 2. The van der Waals surface area contributed by atoms with Crippen LogP contribution in [0.1, 0.15) is 68.2 Å². The molecule has 0 fully saturated rings. The van der Waals surface area contributed by atoms with E-state index in [2.05, 4.69) is 18.4 Å². The summed E-state index contributed by atoms with van der Waals surface area (Å²) in [4.78, 5) is 24.9. The molecule has 0 bridgehead atoms. The molecule has 0 spiro atoms. The van der Waals surface area contributed by atoms with Crippen molar-refractivity contribution < 1.29 is 22.1 Å². The Morgan fingerprint density at radius 1 is 0.938 bits per heavy atom. The van der Waals surface area contributed by atoms with Crippen molar-refractivity contribution in [1.29, 1.82) is 0 Å². The first-order valence-corrected chi connectivity index (χ1v) is 11.3. The second-order valence-corrected chi connectivity index (χ2v) is 8.74. The van der Waals surface area contributed by atoms with E-state index in [4.69, 9.17) is 25.4 Å². The summed E-state index contributed by atoms with van der Waals surface area (Å²) < 4.78 is 16.5. The molecule has 0 heterocycles. The number of hydrogen-bond acceptors (Lipinski definition) is 5. The third-order valence-electron chi connectivity index (χ3n) is 4.34. The Kier molecular flexibility index (Phi) is 15.6. The topological polar surface area (TPSA) is 61.8 Å². The summed E-state index contributed by atoms with van der Waals surface area (Å²) in [6, 6.07) is 0. The van der Waals surface area contributed by atoms with E-state index in [1.54, 1.807) is 56.8 Å². The largest absolute Gasteiger partial charge is 0.460 e. The van der Waals surface area contributed by atoms with Crippen molar-refractivity contribution >= 4 is 34.9 Å². The number of halogens is 1. The van der Waals surface area contributed by atoms with Gasteiger partial charge in [-0.1, -0.05) is 26.5 Å². The summed E-state index contributed by atoms with van der Waals surface area (Å²) >= 11 is 1.76. The second-order valence-electron chi connectivity index (χ2n) is 8.30. The van der Waals surface area contributed by atoms with Crippen molar-refractivity contribution in [2.24, 2.45) is 10.8 Å². The molecule has 0 unspecified atom stereocenters. The highest BCUT2D eigenvalue weighted by Crippen LogP contribution is 2.28.